The lowest BCUT2D eigenvalue weighted by molar-refractivity contribution is -0.120. The van der Waals surface area contributed by atoms with E-state index in [1.807, 2.05) is 66.3 Å². The second kappa shape index (κ2) is 8.73. The molecule has 6 heteroatoms. The maximum absolute atomic E-state index is 12.5. The fourth-order valence-corrected chi connectivity index (χ4v) is 3.13. The lowest BCUT2D eigenvalue weighted by atomic mass is 10.1. The molecule has 27 heavy (non-hydrogen) atoms. The summed E-state index contributed by atoms with van der Waals surface area (Å²) in [6.45, 7) is 2.42. The van der Waals surface area contributed by atoms with E-state index < -0.39 is 0 Å². The van der Waals surface area contributed by atoms with E-state index in [2.05, 4.69) is 10.4 Å². The molecule has 0 aliphatic rings. The SMILES string of the molecule is COc1ccc(C)cc1CC(=O)NC[C@@H](c1ccc(Cl)cc1)n1cccn1. The van der Waals surface area contributed by atoms with Gasteiger partial charge in [-0.2, -0.15) is 5.10 Å². The molecular formula is C21H22ClN3O2. The van der Waals surface area contributed by atoms with E-state index in [9.17, 15) is 4.79 Å². The second-order valence-electron chi connectivity index (χ2n) is 6.35. The van der Waals surface area contributed by atoms with Gasteiger partial charge in [-0.05, 0) is 36.8 Å². The minimum atomic E-state index is -0.111. The molecule has 0 bridgehead atoms. The lowest BCUT2D eigenvalue weighted by Crippen LogP contribution is -2.32. The molecule has 1 N–H and O–H groups in total. The van der Waals surface area contributed by atoms with Crippen LogP contribution in [0.2, 0.25) is 5.02 Å². The van der Waals surface area contributed by atoms with Crippen LogP contribution < -0.4 is 10.1 Å². The summed E-state index contributed by atoms with van der Waals surface area (Å²) in [5, 5.41) is 8.02. The molecule has 0 aliphatic carbocycles. The molecule has 0 unspecified atom stereocenters. The van der Waals surface area contributed by atoms with E-state index in [0.29, 0.717) is 11.6 Å². The molecule has 1 atom stereocenters. The van der Waals surface area contributed by atoms with Crippen LogP contribution in [0.1, 0.15) is 22.7 Å². The van der Waals surface area contributed by atoms with Crippen LogP contribution in [-0.2, 0) is 11.2 Å². The zero-order valence-corrected chi connectivity index (χ0v) is 16.1. The maximum atomic E-state index is 12.5. The molecule has 3 rings (SSSR count). The maximum Gasteiger partial charge on any atom is 0.224 e. The van der Waals surface area contributed by atoms with E-state index in [-0.39, 0.29) is 18.4 Å². The number of benzene rings is 2. The topological polar surface area (TPSA) is 56.1 Å². The summed E-state index contributed by atoms with van der Waals surface area (Å²) < 4.78 is 7.19. The summed E-state index contributed by atoms with van der Waals surface area (Å²) in [7, 11) is 1.61. The Morgan fingerprint density at radius 2 is 2.04 bits per heavy atom. The van der Waals surface area contributed by atoms with Gasteiger partial charge < -0.3 is 10.1 Å². The molecule has 3 aromatic rings. The van der Waals surface area contributed by atoms with Crippen molar-refractivity contribution in [2.75, 3.05) is 13.7 Å². The number of hydrogen-bond donors (Lipinski definition) is 1. The minimum Gasteiger partial charge on any atom is -0.496 e. The predicted molar refractivity (Wildman–Crippen MR) is 106 cm³/mol. The van der Waals surface area contributed by atoms with Crippen LogP contribution in [0, 0.1) is 6.92 Å². The Morgan fingerprint density at radius 3 is 2.70 bits per heavy atom. The van der Waals surface area contributed by atoms with Gasteiger partial charge in [0, 0.05) is 29.5 Å². The summed E-state index contributed by atoms with van der Waals surface area (Å²) in [4.78, 5) is 12.5. The zero-order chi connectivity index (χ0) is 19.2. The molecule has 1 heterocycles. The average Bonchev–Trinajstić information content (AvgIpc) is 3.18. The highest BCUT2D eigenvalue weighted by Gasteiger charge is 2.16. The summed E-state index contributed by atoms with van der Waals surface area (Å²) in [5.74, 6) is 0.655. The van der Waals surface area contributed by atoms with Crippen molar-refractivity contribution in [3.8, 4) is 5.75 Å². The van der Waals surface area contributed by atoms with E-state index in [1.165, 1.54) is 0 Å². The van der Waals surface area contributed by atoms with Crippen molar-refractivity contribution in [3.63, 3.8) is 0 Å². The summed E-state index contributed by atoms with van der Waals surface area (Å²) in [6.07, 6.45) is 3.87. The third-order valence-electron chi connectivity index (χ3n) is 4.38. The number of methoxy groups -OCH3 is 1. The van der Waals surface area contributed by atoms with Gasteiger partial charge in [0.05, 0.1) is 19.6 Å². The van der Waals surface area contributed by atoms with Crippen LogP contribution in [0.4, 0.5) is 0 Å². The van der Waals surface area contributed by atoms with Gasteiger partial charge in [0.15, 0.2) is 0 Å². The number of rotatable bonds is 7. The van der Waals surface area contributed by atoms with Crippen molar-refractivity contribution >= 4 is 17.5 Å². The number of aromatic nitrogens is 2. The number of halogens is 1. The Kier molecular flexibility index (Phi) is 6.14. The molecule has 1 amide bonds. The third-order valence-corrected chi connectivity index (χ3v) is 4.63. The Balaban J connectivity index is 1.71. The third kappa shape index (κ3) is 4.89. The number of hydrogen-bond acceptors (Lipinski definition) is 3. The summed E-state index contributed by atoms with van der Waals surface area (Å²) in [6, 6.07) is 15.2. The van der Waals surface area contributed by atoms with Crippen LogP contribution in [0.15, 0.2) is 60.9 Å². The van der Waals surface area contributed by atoms with Gasteiger partial charge in [-0.3, -0.25) is 9.48 Å². The molecule has 0 spiro atoms. The molecule has 1 aromatic heterocycles. The predicted octanol–water partition coefficient (Wildman–Crippen LogP) is 3.80. The molecule has 0 radical (unpaired) electrons. The first-order valence-electron chi connectivity index (χ1n) is 8.71. The Morgan fingerprint density at radius 1 is 1.26 bits per heavy atom. The Labute approximate surface area is 163 Å². The van der Waals surface area contributed by atoms with E-state index in [4.69, 9.17) is 16.3 Å². The van der Waals surface area contributed by atoms with Crippen molar-refractivity contribution in [3.05, 3.63) is 82.6 Å². The van der Waals surface area contributed by atoms with E-state index >= 15 is 0 Å². The highest BCUT2D eigenvalue weighted by Crippen LogP contribution is 2.21. The molecule has 140 valence electrons. The van der Waals surface area contributed by atoms with E-state index in [1.54, 1.807) is 13.3 Å². The molecule has 0 aliphatic heterocycles. The van der Waals surface area contributed by atoms with Gasteiger partial charge in [0.25, 0.3) is 0 Å². The van der Waals surface area contributed by atoms with Gasteiger partial charge in [-0.25, -0.2) is 0 Å². The van der Waals surface area contributed by atoms with Gasteiger partial charge in [-0.15, -0.1) is 0 Å². The van der Waals surface area contributed by atoms with Crippen molar-refractivity contribution in [2.24, 2.45) is 0 Å². The van der Waals surface area contributed by atoms with Crippen molar-refractivity contribution in [1.82, 2.24) is 15.1 Å². The van der Waals surface area contributed by atoms with Gasteiger partial charge in [0.2, 0.25) is 5.91 Å². The van der Waals surface area contributed by atoms with Crippen LogP contribution >= 0.6 is 11.6 Å². The molecule has 0 saturated heterocycles. The lowest BCUT2D eigenvalue weighted by Gasteiger charge is -2.19. The first kappa shape index (κ1) is 19.0. The smallest absolute Gasteiger partial charge is 0.224 e. The summed E-state index contributed by atoms with van der Waals surface area (Å²) >= 11 is 6.00. The normalized spacial score (nSPS) is 11.8. The quantitative estimate of drug-likeness (QED) is 0.675. The zero-order valence-electron chi connectivity index (χ0n) is 15.4. The fraction of sp³-hybridized carbons (Fsp3) is 0.238. The van der Waals surface area contributed by atoms with Crippen LogP contribution in [0.5, 0.6) is 5.75 Å². The molecule has 0 fully saturated rings. The highest BCUT2D eigenvalue weighted by atomic mass is 35.5. The monoisotopic (exact) mass is 383 g/mol. The minimum absolute atomic E-state index is 0.0648. The highest BCUT2D eigenvalue weighted by molar-refractivity contribution is 6.30. The number of amides is 1. The number of ether oxygens (including phenoxy) is 1. The van der Waals surface area contributed by atoms with Crippen LogP contribution in [-0.4, -0.2) is 29.3 Å². The number of aryl methyl sites for hydroxylation is 1. The molecule has 0 saturated carbocycles. The van der Waals surface area contributed by atoms with Gasteiger partial charge >= 0.3 is 0 Å². The number of nitrogens with zero attached hydrogens (tertiary/aromatic N) is 2. The van der Waals surface area contributed by atoms with Crippen LogP contribution in [0.3, 0.4) is 0 Å². The van der Waals surface area contributed by atoms with Crippen LogP contribution in [0.25, 0.3) is 0 Å². The van der Waals surface area contributed by atoms with Gasteiger partial charge in [-0.1, -0.05) is 41.4 Å². The van der Waals surface area contributed by atoms with Crippen molar-refractivity contribution < 1.29 is 9.53 Å². The molecule has 5 nitrogen and oxygen atoms in total. The number of nitrogens with one attached hydrogen (secondary N) is 1. The number of carbonyl (C=O) groups is 1. The van der Waals surface area contributed by atoms with Crippen molar-refractivity contribution in [2.45, 2.75) is 19.4 Å². The Bertz CT molecular complexity index is 892. The average molecular weight is 384 g/mol. The van der Waals surface area contributed by atoms with Crippen molar-refractivity contribution in [1.29, 1.82) is 0 Å². The summed E-state index contributed by atoms with van der Waals surface area (Å²) in [5.41, 5.74) is 2.99. The standard InChI is InChI=1S/C21H22ClN3O2/c1-15-4-9-20(27-2)17(12-15)13-21(26)23-14-19(25-11-3-10-24-25)16-5-7-18(22)8-6-16/h3-12,19H,13-14H2,1-2H3,(H,23,26)/t19-/m0/s1. The molecular weight excluding hydrogens is 362 g/mol. The number of carbonyl (C=O) groups excluding carboxylic acids is 1. The van der Waals surface area contributed by atoms with Gasteiger partial charge in [0.1, 0.15) is 5.75 Å². The van der Waals surface area contributed by atoms with E-state index in [0.717, 1.165) is 22.4 Å². The first-order valence-corrected chi connectivity index (χ1v) is 9.09. The Hall–Kier alpha value is -2.79. The first-order chi connectivity index (χ1) is 13.1. The largest absolute Gasteiger partial charge is 0.496 e. The molecule has 2 aromatic carbocycles. The fourth-order valence-electron chi connectivity index (χ4n) is 3.01. The second-order valence-corrected chi connectivity index (χ2v) is 6.79.